The van der Waals surface area contributed by atoms with E-state index in [-0.39, 0.29) is 30.0 Å². The molecule has 120 valence electrons. The average Bonchev–Trinajstić information content (AvgIpc) is 2.47. The molecule has 0 aromatic heterocycles. The van der Waals surface area contributed by atoms with Gasteiger partial charge in [0.05, 0.1) is 13.2 Å². The Labute approximate surface area is 144 Å². The fraction of sp³-hybridized carbons (Fsp3) is 0.533. The third-order valence-corrected chi connectivity index (χ3v) is 2.65. The first-order valence-electron chi connectivity index (χ1n) is 6.90. The Kier molecular flexibility index (Phi) is 12.1. The Balaban J connectivity index is 0.00000400. The van der Waals surface area contributed by atoms with E-state index in [0.717, 1.165) is 24.7 Å². The highest BCUT2D eigenvalue weighted by molar-refractivity contribution is 14.0. The van der Waals surface area contributed by atoms with Crippen molar-refractivity contribution >= 4 is 29.9 Å². The smallest absolute Gasteiger partial charge is 0.191 e. The van der Waals surface area contributed by atoms with Gasteiger partial charge in [-0.2, -0.15) is 0 Å². The van der Waals surface area contributed by atoms with Crippen LogP contribution in [0.5, 0.6) is 5.75 Å². The second-order valence-electron chi connectivity index (χ2n) is 4.51. The summed E-state index contributed by atoms with van der Waals surface area (Å²) in [6.07, 6.45) is 0.911. The van der Waals surface area contributed by atoms with Gasteiger partial charge in [0.1, 0.15) is 5.75 Å². The molecule has 0 spiro atoms. The maximum Gasteiger partial charge on any atom is 0.191 e. The molecular weight excluding hydrogens is 381 g/mol. The highest BCUT2D eigenvalue weighted by atomic mass is 127. The molecule has 0 saturated carbocycles. The largest absolute Gasteiger partial charge is 0.494 e. The number of nitrogens with zero attached hydrogens (tertiary/aromatic N) is 1. The summed E-state index contributed by atoms with van der Waals surface area (Å²) in [7, 11) is 3.45. The summed E-state index contributed by atoms with van der Waals surface area (Å²) in [6.45, 7) is 4.19. The van der Waals surface area contributed by atoms with Crippen molar-refractivity contribution in [1.82, 2.24) is 10.6 Å². The van der Waals surface area contributed by atoms with E-state index in [1.165, 1.54) is 0 Å². The highest BCUT2D eigenvalue weighted by Crippen LogP contribution is 2.07. The van der Waals surface area contributed by atoms with Gasteiger partial charge in [0.2, 0.25) is 0 Å². The van der Waals surface area contributed by atoms with Gasteiger partial charge in [-0.25, -0.2) is 0 Å². The van der Waals surface area contributed by atoms with E-state index in [9.17, 15) is 0 Å². The van der Waals surface area contributed by atoms with Crippen LogP contribution < -0.4 is 15.4 Å². The van der Waals surface area contributed by atoms with Crippen LogP contribution in [0.2, 0.25) is 0 Å². The Morgan fingerprint density at radius 1 is 1.29 bits per heavy atom. The van der Waals surface area contributed by atoms with Gasteiger partial charge in [0.15, 0.2) is 5.96 Å². The maximum atomic E-state index is 5.62. The van der Waals surface area contributed by atoms with E-state index in [2.05, 4.69) is 22.5 Å². The van der Waals surface area contributed by atoms with Gasteiger partial charge in [0.25, 0.3) is 0 Å². The van der Waals surface area contributed by atoms with Crippen molar-refractivity contribution in [2.75, 3.05) is 33.9 Å². The lowest BCUT2D eigenvalue weighted by Gasteiger charge is -2.17. The van der Waals surface area contributed by atoms with Crippen molar-refractivity contribution in [3.05, 3.63) is 30.3 Å². The van der Waals surface area contributed by atoms with E-state index in [4.69, 9.17) is 9.47 Å². The predicted octanol–water partition coefficient (Wildman–Crippen LogP) is 2.27. The number of hydrogen-bond donors (Lipinski definition) is 2. The summed E-state index contributed by atoms with van der Waals surface area (Å²) in [5.74, 6) is 1.69. The Hall–Kier alpha value is -1.02. The third-order valence-electron chi connectivity index (χ3n) is 2.65. The summed E-state index contributed by atoms with van der Waals surface area (Å²) in [4.78, 5) is 4.16. The number of halogens is 1. The SMILES string of the molecule is CN=C(NCCCOc1ccccc1)NC(C)COC.I. The van der Waals surface area contributed by atoms with Crippen molar-refractivity contribution < 1.29 is 9.47 Å². The molecule has 1 unspecified atom stereocenters. The van der Waals surface area contributed by atoms with Crippen LogP contribution in [0.4, 0.5) is 0 Å². The van der Waals surface area contributed by atoms with E-state index in [0.29, 0.717) is 13.2 Å². The van der Waals surface area contributed by atoms with Crippen LogP contribution in [0.3, 0.4) is 0 Å². The molecular formula is C15H26IN3O2. The first-order valence-corrected chi connectivity index (χ1v) is 6.90. The molecule has 0 aliphatic heterocycles. The van der Waals surface area contributed by atoms with Crippen LogP contribution in [0.15, 0.2) is 35.3 Å². The molecule has 0 saturated heterocycles. The van der Waals surface area contributed by atoms with Gasteiger partial charge in [-0.1, -0.05) is 18.2 Å². The molecule has 0 radical (unpaired) electrons. The normalized spacial score (nSPS) is 12.2. The van der Waals surface area contributed by atoms with E-state index >= 15 is 0 Å². The molecule has 0 fully saturated rings. The first kappa shape index (κ1) is 20.0. The number of benzene rings is 1. The van der Waals surface area contributed by atoms with Crippen molar-refractivity contribution in [2.45, 2.75) is 19.4 Å². The second kappa shape index (κ2) is 12.7. The van der Waals surface area contributed by atoms with Crippen molar-refractivity contribution in [2.24, 2.45) is 4.99 Å². The molecule has 1 aromatic carbocycles. The van der Waals surface area contributed by atoms with Crippen LogP contribution in [0.25, 0.3) is 0 Å². The Morgan fingerprint density at radius 2 is 2.00 bits per heavy atom. The van der Waals surface area contributed by atoms with E-state index in [1.54, 1.807) is 14.2 Å². The number of methoxy groups -OCH3 is 1. The van der Waals surface area contributed by atoms with Gasteiger partial charge in [-0.05, 0) is 25.5 Å². The minimum Gasteiger partial charge on any atom is -0.494 e. The minimum absolute atomic E-state index is 0. The third kappa shape index (κ3) is 9.52. The van der Waals surface area contributed by atoms with Crippen LogP contribution in [0.1, 0.15) is 13.3 Å². The Bertz CT molecular complexity index is 388. The molecule has 1 rings (SSSR count). The number of ether oxygens (including phenoxy) is 2. The number of hydrogen-bond acceptors (Lipinski definition) is 3. The maximum absolute atomic E-state index is 5.62. The summed E-state index contributed by atoms with van der Waals surface area (Å²) < 4.78 is 10.7. The molecule has 5 nitrogen and oxygen atoms in total. The van der Waals surface area contributed by atoms with Crippen molar-refractivity contribution in [1.29, 1.82) is 0 Å². The van der Waals surface area contributed by atoms with Crippen LogP contribution in [-0.2, 0) is 4.74 Å². The minimum atomic E-state index is 0. The lowest BCUT2D eigenvalue weighted by atomic mass is 10.3. The average molecular weight is 407 g/mol. The zero-order chi connectivity index (χ0) is 14.6. The molecule has 0 amide bonds. The standard InChI is InChI=1S/C15H25N3O2.HI/c1-13(12-19-3)18-15(16-2)17-10-7-11-20-14-8-5-4-6-9-14;/h4-6,8-9,13H,7,10-12H2,1-3H3,(H2,16,17,18);1H. The van der Waals surface area contributed by atoms with Crippen LogP contribution in [0, 0.1) is 0 Å². The first-order chi connectivity index (χ1) is 9.76. The Morgan fingerprint density at radius 3 is 2.62 bits per heavy atom. The molecule has 0 aliphatic rings. The number of rotatable bonds is 8. The van der Waals surface area contributed by atoms with E-state index in [1.807, 2.05) is 30.3 Å². The molecule has 1 aromatic rings. The lowest BCUT2D eigenvalue weighted by molar-refractivity contribution is 0.179. The molecule has 0 heterocycles. The summed E-state index contributed by atoms with van der Waals surface area (Å²) in [6, 6.07) is 10.1. The fourth-order valence-electron chi connectivity index (χ4n) is 1.71. The lowest BCUT2D eigenvalue weighted by Crippen LogP contribution is -2.44. The van der Waals surface area contributed by atoms with Crippen molar-refractivity contribution in [3.63, 3.8) is 0 Å². The summed E-state index contributed by atoms with van der Waals surface area (Å²) in [5, 5.41) is 6.50. The van der Waals surface area contributed by atoms with E-state index < -0.39 is 0 Å². The molecule has 21 heavy (non-hydrogen) atoms. The number of aliphatic imine (C=N–C) groups is 1. The zero-order valence-corrected chi connectivity index (χ0v) is 15.3. The summed E-state index contributed by atoms with van der Waals surface area (Å²) in [5.41, 5.74) is 0. The fourth-order valence-corrected chi connectivity index (χ4v) is 1.71. The van der Waals surface area contributed by atoms with Gasteiger partial charge >= 0.3 is 0 Å². The number of nitrogens with one attached hydrogen (secondary N) is 2. The van der Waals surface area contributed by atoms with Gasteiger partial charge in [0, 0.05) is 26.7 Å². The predicted molar refractivity (Wildman–Crippen MR) is 97.8 cm³/mol. The molecule has 2 N–H and O–H groups in total. The highest BCUT2D eigenvalue weighted by Gasteiger charge is 2.03. The monoisotopic (exact) mass is 407 g/mol. The van der Waals surface area contributed by atoms with Crippen molar-refractivity contribution in [3.8, 4) is 5.75 Å². The van der Waals surface area contributed by atoms with Gasteiger partial charge in [-0.15, -0.1) is 24.0 Å². The quantitative estimate of drug-likeness (QED) is 0.301. The molecule has 6 heteroatoms. The number of guanidine groups is 1. The molecule has 0 aliphatic carbocycles. The van der Waals surface area contributed by atoms with Crippen LogP contribution >= 0.6 is 24.0 Å². The zero-order valence-electron chi connectivity index (χ0n) is 13.0. The second-order valence-corrected chi connectivity index (χ2v) is 4.51. The molecule has 1 atom stereocenters. The summed E-state index contributed by atoms with van der Waals surface area (Å²) >= 11 is 0. The molecule has 0 bridgehead atoms. The van der Waals surface area contributed by atoms with Gasteiger partial charge < -0.3 is 20.1 Å². The van der Waals surface area contributed by atoms with Crippen LogP contribution in [-0.4, -0.2) is 45.9 Å². The number of para-hydroxylation sites is 1. The van der Waals surface area contributed by atoms with Gasteiger partial charge in [-0.3, -0.25) is 4.99 Å². The topological polar surface area (TPSA) is 54.9 Å².